The molecular weight excluding hydrogens is 422 g/mol. The Balaban J connectivity index is 1.23. The number of nitrogens with zero attached hydrogens (tertiary/aromatic N) is 5. The van der Waals surface area contributed by atoms with Gasteiger partial charge in [0.1, 0.15) is 0 Å². The average Bonchev–Trinajstić information content (AvgIpc) is 3.55. The van der Waals surface area contributed by atoms with Crippen LogP contribution < -0.4 is 0 Å². The molecule has 4 aromatic rings. The molecule has 8 heteroatoms. The van der Waals surface area contributed by atoms with Crippen molar-refractivity contribution in [2.24, 2.45) is 0 Å². The molecular formula is C24H25N5O2S. The second-order valence-corrected chi connectivity index (χ2v) is 8.96. The number of hydrogen-bond acceptors (Lipinski definition) is 6. The normalized spacial score (nSPS) is 14.8. The van der Waals surface area contributed by atoms with E-state index in [1.807, 2.05) is 60.5 Å². The van der Waals surface area contributed by atoms with Gasteiger partial charge >= 0.3 is 0 Å². The summed E-state index contributed by atoms with van der Waals surface area (Å²) in [4.78, 5) is 23.0. The number of hydrogen-bond donors (Lipinski definition) is 0. The summed E-state index contributed by atoms with van der Waals surface area (Å²) in [6.45, 7) is 7.62. The monoisotopic (exact) mass is 447 g/mol. The predicted octanol–water partition coefficient (Wildman–Crippen LogP) is 4.16. The minimum Gasteiger partial charge on any atom is -0.336 e. The highest BCUT2D eigenvalue weighted by atomic mass is 32.1. The third kappa shape index (κ3) is 3.99. The van der Waals surface area contributed by atoms with Crippen LogP contribution in [0.1, 0.15) is 27.6 Å². The highest BCUT2D eigenvalue weighted by Gasteiger charge is 2.26. The van der Waals surface area contributed by atoms with Crippen molar-refractivity contribution in [2.45, 2.75) is 20.4 Å². The second-order valence-electron chi connectivity index (χ2n) is 8.02. The van der Waals surface area contributed by atoms with Gasteiger partial charge in [0, 0.05) is 43.3 Å². The fraction of sp³-hybridized carbons (Fsp3) is 0.292. The van der Waals surface area contributed by atoms with Crippen LogP contribution in [0, 0.1) is 13.8 Å². The number of amides is 1. The van der Waals surface area contributed by atoms with Crippen molar-refractivity contribution in [1.82, 2.24) is 24.5 Å². The number of carbonyl (C=O) groups excluding carboxylic acids is 1. The first-order valence-corrected chi connectivity index (χ1v) is 11.6. The van der Waals surface area contributed by atoms with Crippen LogP contribution in [-0.2, 0) is 6.54 Å². The van der Waals surface area contributed by atoms with Gasteiger partial charge in [-0.2, -0.15) is 4.98 Å². The maximum absolute atomic E-state index is 13.3. The van der Waals surface area contributed by atoms with Crippen LogP contribution in [-0.4, -0.2) is 56.6 Å². The summed E-state index contributed by atoms with van der Waals surface area (Å²) in [7, 11) is 0. The summed E-state index contributed by atoms with van der Waals surface area (Å²) in [5.74, 6) is 1.34. The van der Waals surface area contributed by atoms with Crippen LogP contribution in [0.4, 0.5) is 0 Å². The minimum absolute atomic E-state index is 0.0967. The molecule has 0 bridgehead atoms. The summed E-state index contributed by atoms with van der Waals surface area (Å²) in [5, 5.41) is 6.11. The molecule has 1 amide bonds. The van der Waals surface area contributed by atoms with Crippen molar-refractivity contribution in [3.63, 3.8) is 0 Å². The number of rotatable bonds is 5. The number of thiophene rings is 1. The topological polar surface area (TPSA) is 67.4 Å². The van der Waals surface area contributed by atoms with E-state index in [4.69, 9.17) is 4.52 Å². The van der Waals surface area contributed by atoms with E-state index in [0.29, 0.717) is 31.3 Å². The van der Waals surface area contributed by atoms with Crippen LogP contribution in [0.2, 0.25) is 0 Å². The lowest BCUT2D eigenvalue weighted by molar-refractivity contribution is 0.0623. The Hall–Kier alpha value is -3.23. The van der Waals surface area contributed by atoms with E-state index in [-0.39, 0.29) is 5.91 Å². The predicted molar refractivity (Wildman–Crippen MR) is 124 cm³/mol. The molecule has 1 fully saturated rings. The summed E-state index contributed by atoms with van der Waals surface area (Å²) in [6, 6.07) is 16.1. The molecule has 4 heterocycles. The third-order valence-corrected chi connectivity index (χ3v) is 6.76. The molecule has 0 aliphatic carbocycles. The van der Waals surface area contributed by atoms with Crippen molar-refractivity contribution in [3.8, 4) is 16.5 Å². The Labute approximate surface area is 190 Å². The Morgan fingerprint density at radius 2 is 1.84 bits per heavy atom. The molecule has 1 saturated heterocycles. The SMILES string of the molecule is Cc1cc(C(=O)N2CCN(Cc3noc(-c4cccs4)n3)CC2)c(C)n1-c1ccccc1. The number of benzene rings is 1. The van der Waals surface area contributed by atoms with E-state index in [9.17, 15) is 4.79 Å². The largest absolute Gasteiger partial charge is 0.336 e. The molecule has 3 aromatic heterocycles. The average molecular weight is 448 g/mol. The first-order chi connectivity index (χ1) is 15.6. The van der Waals surface area contributed by atoms with Crippen molar-refractivity contribution in [3.05, 3.63) is 76.7 Å². The van der Waals surface area contributed by atoms with Crippen LogP contribution in [0.5, 0.6) is 0 Å². The highest BCUT2D eigenvalue weighted by molar-refractivity contribution is 7.13. The number of aromatic nitrogens is 3. The second kappa shape index (κ2) is 8.72. The minimum atomic E-state index is 0.0967. The molecule has 0 saturated carbocycles. The Bertz CT molecular complexity index is 1200. The first kappa shape index (κ1) is 20.7. The molecule has 32 heavy (non-hydrogen) atoms. The quantitative estimate of drug-likeness (QED) is 0.460. The molecule has 1 aliphatic heterocycles. The summed E-state index contributed by atoms with van der Waals surface area (Å²) in [5.41, 5.74) is 3.90. The van der Waals surface area contributed by atoms with Gasteiger partial charge < -0.3 is 14.0 Å². The van der Waals surface area contributed by atoms with E-state index in [1.165, 1.54) is 0 Å². The Kier molecular flexibility index (Phi) is 5.63. The molecule has 0 N–H and O–H groups in total. The van der Waals surface area contributed by atoms with E-state index in [1.54, 1.807) is 11.3 Å². The molecule has 7 nitrogen and oxygen atoms in total. The van der Waals surface area contributed by atoms with Crippen LogP contribution in [0.25, 0.3) is 16.5 Å². The number of aryl methyl sites for hydroxylation is 1. The van der Waals surface area contributed by atoms with E-state index >= 15 is 0 Å². The van der Waals surface area contributed by atoms with Crippen LogP contribution >= 0.6 is 11.3 Å². The molecule has 0 unspecified atom stereocenters. The van der Waals surface area contributed by atoms with Gasteiger partial charge in [-0.15, -0.1) is 11.3 Å². The van der Waals surface area contributed by atoms with Gasteiger partial charge in [-0.25, -0.2) is 0 Å². The molecule has 0 radical (unpaired) electrons. The van der Waals surface area contributed by atoms with Gasteiger partial charge in [0.15, 0.2) is 5.82 Å². The number of para-hydroxylation sites is 1. The van der Waals surface area contributed by atoms with Crippen molar-refractivity contribution < 1.29 is 9.32 Å². The number of carbonyl (C=O) groups is 1. The zero-order valence-corrected chi connectivity index (χ0v) is 19.0. The molecule has 0 atom stereocenters. The molecule has 164 valence electrons. The van der Waals surface area contributed by atoms with Gasteiger partial charge in [0.2, 0.25) is 0 Å². The highest BCUT2D eigenvalue weighted by Crippen LogP contribution is 2.24. The summed E-state index contributed by atoms with van der Waals surface area (Å²) < 4.78 is 7.53. The fourth-order valence-corrected chi connectivity index (χ4v) is 4.90. The van der Waals surface area contributed by atoms with Crippen molar-refractivity contribution in [1.29, 1.82) is 0 Å². The number of piperazine rings is 1. The summed E-state index contributed by atoms with van der Waals surface area (Å²) >= 11 is 1.58. The Morgan fingerprint density at radius 1 is 1.06 bits per heavy atom. The standard InChI is InChI=1S/C24H25N5O2S/c1-17-15-20(18(2)29(17)19-7-4-3-5-8-19)24(30)28-12-10-27(11-13-28)16-22-25-23(31-26-22)21-9-6-14-32-21/h3-9,14-15H,10-13,16H2,1-2H3. The zero-order valence-electron chi connectivity index (χ0n) is 18.2. The lowest BCUT2D eigenvalue weighted by Crippen LogP contribution is -2.48. The maximum atomic E-state index is 13.3. The molecule has 5 rings (SSSR count). The van der Waals surface area contributed by atoms with Gasteiger partial charge in [-0.05, 0) is 43.5 Å². The fourth-order valence-electron chi connectivity index (χ4n) is 4.25. The molecule has 0 spiro atoms. The van der Waals surface area contributed by atoms with Gasteiger partial charge in [-0.1, -0.05) is 29.4 Å². The molecule has 1 aromatic carbocycles. The first-order valence-electron chi connectivity index (χ1n) is 10.7. The van der Waals surface area contributed by atoms with Crippen molar-refractivity contribution >= 4 is 17.2 Å². The lowest BCUT2D eigenvalue weighted by atomic mass is 10.2. The Morgan fingerprint density at radius 3 is 2.56 bits per heavy atom. The molecule has 1 aliphatic rings. The van der Waals surface area contributed by atoms with Crippen LogP contribution in [0.15, 0.2) is 58.4 Å². The van der Waals surface area contributed by atoms with Gasteiger partial charge in [0.25, 0.3) is 11.8 Å². The third-order valence-electron chi connectivity index (χ3n) is 5.90. The van der Waals surface area contributed by atoms with E-state index < -0.39 is 0 Å². The lowest BCUT2D eigenvalue weighted by Gasteiger charge is -2.34. The van der Waals surface area contributed by atoms with Gasteiger partial charge in [-0.3, -0.25) is 9.69 Å². The zero-order chi connectivity index (χ0) is 22.1. The van der Waals surface area contributed by atoms with Crippen LogP contribution in [0.3, 0.4) is 0 Å². The van der Waals surface area contributed by atoms with E-state index in [0.717, 1.165) is 40.6 Å². The van der Waals surface area contributed by atoms with Crippen molar-refractivity contribution in [2.75, 3.05) is 26.2 Å². The smallest absolute Gasteiger partial charge is 0.268 e. The van der Waals surface area contributed by atoms with Gasteiger partial charge in [0.05, 0.1) is 17.0 Å². The van der Waals surface area contributed by atoms with E-state index in [2.05, 4.69) is 31.7 Å². The maximum Gasteiger partial charge on any atom is 0.268 e. The summed E-state index contributed by atoms with van der Waals surface area (Å²) in [6.07, 6.45) is 0.